The molecule has 94 valence electrons. The molecule has 0 aliphatic rings. The summed E-state index contributed by atoms with van der Waals surface area (Å²) in [4.78, 5) is 12.1. The SMILES string of the molecule is CCCCNC(=O)C(C)(C)c1ccc(N)cc1. The summed E-state index contributed by atoms with van der Waals surface area (Å²) in [5.41, 5.74) is 6.84. The van der Waals surface area contributed by atoms with E-state index in [4.69, 9.17) is 5.73 Å². The molecule has 3 N–H and O–H groups in total. The van der Waals surface area contributed by atoms with Crippen molar-refractivity contribution in [3.8, 4) is 0 Å². The smallest absolute Gasteiger partial charge is 0.230 e. The second-order valence-electron chi connectivity index (χ2n) is 4.86. The largest absolute Gasteiger partial charge is 0.399 e. The van der Waals surface area contributed by atoms with E-state index in [9.17, 15) is 4.79 Å². The van der Waals surface area contributed by atoms with Gasteiger partial charge in [-0.05, 0) is 38.0 Å². The van der Waals surface area contributed by atoms with E-state index in [2.05, 4.69) is 12.2 Å². The molecule has 0 spiro atoms. The highest BCUT2D eigenvalue weighted by Crippen LogP contribution is 2.24. The molecule has 1 rings (SSSR count). The summed E-state index contributed by atoms with van der Waals surface area (Å²) >= 11 is 0. The van der Waals surface area contributed by atoms with E-state index in [0.29, 0.717) is 0 Å². The van der Waals surface area contributed by atoms with Crippen LogP contribution in [-0.4, -0.2) is 12.5 Å². The Hall–Kier alpha value is -1.51. The van der Waals surface area contributed by atoms with Crippen LogP contribution in [0.2, 0.25) is 0 Å². The zero-order chi connectivity index (χ0) is 12.9. The predicted octanol–water partition coefficient (Wildman–Crippen LogP) is 2.46. The molecule has 0 unspecified atom stereocenters. The van der Waals surface area contributed by atoms with Gasteiger partial charge >= 0.3 is 0 Å². The molecule has 17 heavy (non-hydrogen) atoms. The van der Waals surface area contributed by atoms with Gasteiger partial charge in [-0.3, -0.25) is 4.79 Å². The molecule has 0 bridgehead atoms. The predicted molar refractivity (Wildman–Crippen MR) is 71.8 cm³/mol. The minimum atomic E-state index is -0.512. The van der Waals surface area contributed by atoms with Crippen LogP contribution < -0.4 is 11.1 Å². The second-order valence-corrected chi connectivity index (χ2v) is 4.86. The molecule has 0 atom stereocenters. The van der Waals surface area contributed by atoms with Gasteiger partial charge in [-0.2, -0.15) is 0 Å². The molecule has 0 saturated carbocycles. The van der Waals surface area contributed by atoms with Crippen molar-refractivity contribution in [1.82, 2.24) is 5.32 Å². The molecule has 0 radical (unpaired) electrons. The number of hydrogen-bond donors (Lipinski definition) is 2. The van der Waals surface area contributed by atoms with E-state index in [-0.39, 0.29) is 5.91 Å². The van der Waals surface area contributed by atoms with Gasteiger partial charge in [0, 0.05) is 12.2 Å². The summed E-state index contributed by atoms with van der Waals surface area (Å²) in [5, 5.41) is 2.97. The van der Waals surface area contributed by atoms with Gasteiger partial charge in [-0.15, -0.1) is 0 Å². The van der Waals surface area contributed by atoms with Crippen molar-refractivity contribution in [2.24, 2.45) is 0 Å². The summed E-state index contributed by atoms with van der Waals surface area (Å²) in [5.74, 6) is 0.0655. The fraction of sp³-hybridized carbons (Fsp3) is 0.500. The average Bonchev–Trinajstić information content (AvgIpc) is 2.29. The number of rotatable bonds is 5. The zero-order valence-electron chi connectivity index (χ0n) is 10.9. The molecule has 0 aromatic heterocycles. The lowest BCUT2D eigenvalue weighted by atomic mass is 9.83. The van der Waals surface area contributed by atoms with Crippen LogP contribution >= 0.6 is 0 Å². The summed E-state index contributed by atoms with van der Waals surface area (Å²) in [6.45, 7) is 6.71. The first kappa shape index (κ1) is 13.6. The highest BCUT2D eigenvalue weighted by atomic mass is 16.2. The van der Waals surface area contributed by atoms with E-state index in [1.54, 1.807) is 0 Å². The van der Waals surface area contributed by atoms with Crippen LogP contribution in [0.5, 0.6) is 0 Å². The highest BCUT2D eigenvalue weighted by Gasteiger charge is 2.29. The van der Waals surface area contributed by atoms with Crippen LogP contribution in [0, 0.1) is 0 Å². The molecular weight excluding hydrogens is 212 g/mol. The summed E-state index contributed by atoms with van der Waals surface area (Å²) in [6.07, 6.45) is 2.10. The van der Waals surface area contributed by atoms with Crippen LogP contribution in [0.3, 0.4) is 0 Å². The van der Waals surface area contributed by atoms with Gasteiger partial charge in [0.2, 0.25) is 5.91 Å². The Morgan fingerprint density at radius 1 is 1.29 bits per heavy atom. The molecule has 1 aromatic carbocycles. The van der Waals surface area contributed by atoms with Gasteiger partial charge in [0.1, 0.15) is 0 Å². The molecule has 1 amide bonds. The number of nitrogens with one attached hydrogen (secondary N) is 1. The lowest BCUT2D eigenvalue weighted by Crippen LogP contribution is -2.40. The first-order valence-corrected chi connectivity index (χ1v) is 6.12. The maximum absolute atomic E-state index is 12.1. The molecule has 3 nitrogen and oxygen atoms in total. The van der Waals surface area contributed by atoms with Gasteiger partial charge in [0.05, 0.1) is 5.41 Å². The van der Waals surface area contributed by atoms with Crippen molar-refractivity contribution in [3.63, 3.8) is 0 Å². The minimum Gasteiger partial charge on any atom is -0.399 e. The normalized spacial score (nSPS) is 11.2. The molecule has 0 aliphatic heterocycles. The van der Waals surface area contributed by atoms with Crippen molar-refractivity contribution in [1.29, 1.82) is 0 Å². The number of nitrogen functional groups attached to an aromatic ring is 1. The van der Waals surface area contributed by atoms with Crippen molar-refractivity contribution in [2.75, 3.05) is 12.3 Å². The number of carbonyl (C=O) groups excluding carboxylic acids is 1. The van der Waals surface area contributed by atoms with E-state index < -0.39 is 5.41 Å². The van der Waals surface area contributed by atoms with E-state index in [0.717, 1.165) is 30.6 Å². The fourth-order valence-electron chi connectivity index (χ4n) is 1.63. The first-order valence-electron chi connectivity index (χ1n) is 6.12. The third-order valence-electron chi connectivity index (χ3n) is 3.02. The Morgan fingerprint density at radius 2 is 1.88 bits per heavy atom. The minimum absolute atomic E-state index is 0.0655. The van der Waals surface area contributed by atoms with E-state index in [1.807, 2.05) is 38.1 Å². The zero-order valence-corrected chi connectivity index (χ0v) is 10.9. The number of amides is 1. The molecule has 3 heteroatoms. The van der Waals surface area contributed by atoms with E-state index in [1.165, 1.54) is 0 Å². The Labute approximate surface area is 103 Å². The molecule has 1 aromatic rings. The topological polar surface area (TPSA) is 55.1 Å². The Bertz CT molecular complexity index is 368. The third kappa shape index (κ3) is 3.48. The van der Waals surface area contributed by atoms with Crippen molar-refractivity contribution >= 4 is 11.6 Å². The Balaban J connectivity index is 2.72. The molecule has 0 heterocycles. The van der Waals surface area contributed by atoms with Crippen molar-refractivity contribution < 1.29 is 4.79 Å². The average molecular weight is 234 g/mol. The van der Waals surface area contributed by atoms with Gasteiger partial charge in [-0.1, -0.05) is 25.5 Å². The summed E-state index contributed by atoms with van der Waals surface area (Å²) in [7, 11) is 0. The number of benzene rings is 1. The molecule has 0 fully saturated rings. The van der Waals surface area contributed by atoms with Crippen molar-refractivity contribution in [3.05, 3.63) is 29.8 Å². The molecule has 0 saturated heterocycles. The van der Waals surface area contributed by atoms with Gasteiger partial charge in [0.25, 0.3) is 0 Å². The van der Waals surface area contributed by atoms with Crippen LogP contribution in [0.15, 0.2) is 24.3 Å². The lowest BCUT2D eigenvalue weighted by molar-refractivity contribution is -0.125. The van der Waals surface area contributed by atoms with Crippen LogP contribution in [0.4, 0.5) is 5.69 Å². The first-order chi connectivity index (χ1) is 7.98. The fourth-order valence-corrected chi connectivity index (χ4v) is 1.63. The van der Waals surface area contributed by atoms with E-state index >= 15 is 0 Å². The maximum atomic E-state index is 12.1. The van der Waals surface area contributed by atoms with Crippen LogP contribution in [-0.2, 0) is 10.2 Å². The second kappa shape index (κ2) is 5.71. The van der Waals surface area contributed by atoms with Crippen LogP contribution in [0.25, 0.3) is 0 Å². The molecule has 0 aliphatic carbocycles. The van der Waals surface area contributed by atoms with Gasteiger partial charge < -0.3 is 11.1 Å². The van der Waals surface area contributed by atoms with Gasteiger partial charge in [0.15, 0.2) is 0 Å². The monoisotopic (exact) mass is 234 g/mol. The number of unbranched alkanes of at least 4 members (excludes halogenated alkanes) is 1. The summed E-state index contributed by atoms with van der Waals surface area (Å²) in [6, 6.07) is 7.48. The van der Waals surface area contributed by atoms with Crippen LogP contribution in [0.1, 0.15) is 39.2 Å². The number of nitrogens with two attached hydrogens (primary N) is 1. The number of carbonyl (C=O) groups is 1. The van der Waals surface area contributed by atoms with Crippen molar-refractivity contribution in [2.45, 2.75) is 39.0 Å². The third-order valence-corrected chi connectivity index (χ3v) is 3.02. The number of hydrogen-bond acceptors (Lipinski definition) is 2. The number of anilines is 1. The summed E-state index contributed by atoms with van der Waals surface area (Å²) < 4.78 is 0. The Morgan fingerprint density at radius 3 is 2.41 bits per heavy atom. The quantitative estimate of drug-likeness (QED) is 0.607. The Kier molecular flexibility index (Phi) is 4.55. The lowest BCUT2D eigenvalue weighted by Gasteiger charge is -2.24. The standard InChI is InChI=1S/C14H22N2O/c1-4-5-10-16-13(17)14(2,3)11-6-8-12(15)9-7-11/h6-9H,4-5,10,15H2,1-3H3,(H,16,17). The maximum Gasteiger partial charge on any atom is 0.230 e. The molecular formula is C14H22N2O. The highest BCUT2D eigenvalue weighted by molar-refractivity contribution is 5.87. The van der Waals surface area contributed by atoms with Gasteiger partial charge in [-0.25, -0.2) is 0 Å².